The minimum absolute atomic E-state index is 0.0233. The van der Waals surface area contributed by atoms with Crippen LogP contribution in [0.2, 0.25) is 0 Å². The number of fused-ring (bicyclic) bond motifs is 7. The van der Waals surface area contributed by atoms with Crippen LogP contribution in [0.15, 0.2) is 47.5 Å². The van der Waals surface area contributed by atoms with Crippen molar-refractivity contribution in [2.45, 2.75) is 106 Å². The number of carbonyl (C=O) groups excluding carboxylic acids is 2. The number of benzene rings is 1. The number of amides is 1. The van der Waals surface area contributed by atoms with Crippen molar-refractivity contribution in [1.82, 2.24) is 4.90 Å². The van der Waals surface area contributed by atoms with Crippen LogP contribution in [0, 0.1) is 56.7 Å². The Morgan fingerprint density at radius 3 is 2.28 bits per heavy atom. The highest BCUT2D eigenvalue weighted by Gasteiger charge is 2.71. The summed E-state index contributed by atoms with van der Waals surface area (Å²) in [5.74, 6) is 2.52. The van der Waals surface area contributed by atoms with Crippen LogP contribution in [0.5, 0.6) is 0 Å². The molecule has 47 heavy (non-hydrogen) atoms. The standard InChI is InChI=1S/C42H60N2O3/c1-27(2)25-30-17-22-42(37(46)43-26-44(8)9)24-23-40(6)32(35(30)42)15-16-34-39(5)20-18-31(28-11-13-29(14-12-28)36(45)47-10)38(3,4)33(39)19-21-41(34,40)7/h11-14,18,26,30,32-35H,1,15-17,19-25H2,2-10H3/t30-,32+,33-,34+,35+,39-,40+,41+,42-/m0/s1. The normalized spacial score (nSPS) is 40.4. The molecule has 0 unspecified atom stereocenters. The fourth-order valence-corrected chi connectivity index (χ4v) is 13.1. The maximum absolute atomic E-state index is 14.1. The SMILES string of the molecule is C=C(C)C[C@@H]1CC[C@]2(C(=O)N=CN(C)C)CC[C@]3(C)[C@H](CC[C@@H]4[C@@]5(C)CC=C(c6ccc(C(=O)OC)cc6)C(C)(C)[C@@H]5CC[C@]43C)[C@@H]12. The molecule has 1 aromatic rings. The van der Waals surface area contributed by atoms with Gasteiger partial charge in [0.25, 0.3) is 5.91 Å². The summed E-state index contributed by atoms with van der Waals surface area (Å²) in [5, 5.41) is 0. The van der Waals surface area contributed by atoms with Gasteiger partial charge in [-0.3, -0.25) is 4.79 Å². The van der Waals surface area contributed by atoms with Gasteiger partial charge in [-0.05, 0) is 146 Å². The summed E-state index contributed by atoms with van der Waals surface area (Å²) in [7, 11) is 5.34. The summed E-state index contributed by atoms with van der Waals surface area (Å²) < 4.78 is 4.95. The molecule has 1 aromatic carbocycles. The third-order valence-corrected chi connectivity index (χ3v) is 15.2. The lowest BCUT2D eigenvalue weighted by molar-refractivity contribution is -0.225. The maximum Gasteiger partial charge on any atom is 0.337 e. The lowest BCUT2D eigenvalue weighted by atomic mass is 9.32. The van der Waals surface area contributed by atoms with Crippen LogP contribution < -0.4 is 0 Å². The molecular weight excluding hydrogens is 580 g/mol. The highest BCUT2D eigenvalue weighted by Crippen LogP contribution is 2.77. The first-order valence-electron chi connectivity index (χ1n) is 18.3. The number of methoxy groups -OCH3 is 1. The van der Waals surface area contributed by atoms with Gasteiger partial charge in [0.2, 0.25) is 0 Å². The van der Waals surface area contributed by atoms with Gasteiger partial charge in [-0.1, -0.05) is 58.4 Å². The summed E-state index contributed by atoms with van der Waals surface area (Å²) >= 11 is 0. The topological polar surface area (TPSA) is 59.0 Å². The fraction of sp³-hybridized carbons (Fsp3) is 0.690. The van der Waals surface area contributed by atoms with Crippen molar-refractivity contribution < 1.29 is 14.3 Å². The van der Waals surface area contributed by atoms with Crippen molar-refractivity contribution in [1.29, 1.82) is 0 Å². The fourth-order valence-electron chi connectivity index (χ4n) is 13.1. The largest absolute Gasteiger partial charge is 0.465 e. The van der Waals surface area contributed by atoms with Gasteiger partial charge < -0.3 is 9.64 Å². The first-order chi connectivity index (χ1) is 22.0. The molecule has 5 aliphatic rings. The molecule has 0 aliphatic heterocycles. The summed E-state index contributed by atoms with van der Waals surface area (Å²) in [4.78, 5) is 32.7. The number of allylic oxidation sites excluding steroid dienone is 3. The number of esters is 1. The predicted molar refractivity (Wildman–Crippen MR) is 192 cm³/mol. The minimum Gasteiger partial charge on any atom is -0.465 e. The van der Waals surface area contributed by atoms with Gasteiger partial charge in [0.05, 0.1) is 24.4 Å². The molecule has 5 aliphatic carbocycles. The van der Waals surface area contributed by atoms with Crippen LogP contribution in [-0.4, -0.2) is 44.3 Å². The van der Waals surface area contributed by atoms with E-state index in [0.717, 1.165) is 38.5 Å². The number of ether oxygens (including phenoxy) is 1. The maximum atomic E-state index is 14.1. The van der Waals surface area contributed by atoms with Crippen molar-refractivity contribution in [3.8, 4) is 0 Å². The van der Waals surface area contributed by atoms with Gasteiger partial charge in [-0.15, -0.1) is 6.58 Å². The van der Waals surface area contributed by atoms with E-state index in [4.69, 9.17) is 4.74 Å². The van der Waals surface area contributed by atoms with Gasteiger partial charge in [-0.25, -0.2) is 9.79 Å². The van der Waals surface area contributed by atoms with Gasteiger partial charge in [0, 0.05) is 14.1 Å². The van der Waals surface area contributed by atoms with Crippen molar-refractivity contribution in [2.24, 2.45) is 61.7 Å². The highest BCUT2D eigenvalue weighted by atomic mass is 16.5. The zero-order chi connectivity index (χ0) is 34.2. The van der Waals surface area contributed by atoms with Crippen LogP contribution in [0.4, 0.5) is 0 Å². The van der Waals surface area contributed by atoms with Gasteiger partial charge in [0.1, 0.15) is 0 Å². The monoisotopic (exact) mass is 640 g/mol. The summed E-state index contributed by atoms with van der Waals surface area (Å²) in [6.07, 6.45) is 15.6. The Morgan fingerprint density at radius 1 is 0.936 bits per heavy atom. The molecule has 5 heteroatoms. The van der Waals surface area contributed by atoms with Crippen molar-refractivity contribution in [3.63, 3.8) is 0 Å². The molecule has 0 radical (unpaired) electrons. The summed E-state index contributed by atoms with van der Waals surface area (Å²) in [6, 6.07) is 8.05. The van der Waals surface area contributed by atoms with Gasteiger partial charge >= 0.3 is 5.97 Å². The molecule has 1 amide bonds. The lowest BCUT2D eigenvalue weighted by Gasteiger charge is -2.72. The Kier molecular flexibility index (Phi) is 8.53. The molecule has 256 valence electrons. The van der Waals surface area contributed by atoms with Crippen molar-refractivity contribution >= 4 is 23.8 Å². The highest BCUT2D eigenvalue weighted by molar-refractivity contribution is 5.90. The lowest BCUT2D eigenvalue weighted by Crippen LogP contribution is -2.65. The second-order valence-corrected chi connectivity index (χ2v) is 17.9. The van der Waals surface area contributed by atoms with Crippen LogP contribution in [0.25, 0.3) is 5.57 Å². The Hall–Kier alpha value is -2.69. The summed E-state index contributed by atoms with van der Waals surface area (Å²) in [5.41, 5.74) is 4.84. The Morgan fingerprint density at radius 2 is 1.64 bits per heavy atom. The second kappa shape index (κ2) is 11.7. The predicted octanol–water partition coefficient (Wildman–Crippen LogP) is 9.63. The molecular formula is C42H60N2O3. The minimum atomic E-state index is -0.324. The molecule has 4 saturated carbocycles. The number of carbonyl (C=O) groups is 2. The first kappa shape index (κ1) is 34.2. The summed E-state index contributed by atoms with van der Waals surface area (Å²) in [6.45, 7) is 19.4. The molecule has 6 rings (SSSR count). The quantitative estimate of drug-likeness (QED) is 0.134. The van der Waals surface area contributed by atoms with Crippen LogP contribution in [0.1, 0.15) is 122 Å². The molecule has 0 aromatic heterocycles. The van der Waals surface area contributed by atoms with E-state index in [0.29, 0.717) is 35.2 Å². The van der Waals surface area contributed by atoms with Crippen LogP contribution >= 0.6 is 0 Å². The van der Waals surface area contributed by atoms with E-state index in [1.165, 1.54) is 49.5 Å². The second-order valence-electron chi connectivity index (χ2n) is 17.9. The third-order valence-electron chi connectivity index (χ3n) is 15.2. The van der Waals surface area contributed by atoms with E-state index >= 15 is 0 Å². The van der Waals surface area contributed by atoms with Crippen molar-refractivity contribution in [3.05, 3.63) is 53.6 Å². The molecule has 0 saturated heterocycles. The van der Waals surface area contributed by atoms with E-state index < -0.39 is 0 Å². The molecule has 0 N–H and O–H groups in total. The number of aliphatic imine (C=N–C) groups is 1. The van der Waals surface area contributed by atoms with Crippen LogP contribution in [-0.2, 0) is 9.53 Å². The Labute approximate surface area is 284 Å². The smallest absolute Gasteiger partial charge is 0.337 e. The van der Waals surface area contributed by atoms with Crippen molar-refractivity contribution in [2.75, 3.05) is 21.2 Å². The number of rotatable bonds is 6. The van der Waals surface area contributed by atoms with Gasteiger partial charge in [0.15, 0.2) is 0 Å². The average Bonchev–Trinajstić information content (AvgIpc) is 3.38. The molecule has 5 nitrogen and oxygen atoms in total. The zero-order valence-corrected chi connectivity index (χ0v) is 30.7. The zero-order valence-electron chi connectivity index (χ0n) is 30.7. The van der Waals surface area contributed by atoms with E-state index in [2.05, 4.69) is 71.3 Å². The molecule has 0 spiro atoms. The van der Waals surface area contributed by atoms with E-state index in [1.54, 1.807) is 6.34 Å². The van der Waals surface area contributed by atoms with E-state index in [9.17, 15) is 9.59 Å². The number of nitrogens with zero attached hydrogens (tertiary/aromatic N) is 2. The number of hydrogen-bond donors (Lipinski definition) is 0. The number of hydrogen-bond acceptors (Lipinski definition) is 3. The average molecular weight is 641 g/mol. The van der Waals surface area contributed by atoms with Crippen LogP contribution in [0.3, 0.4) is 0 Å². The van der Waals surface area contributed by atoms with E-state index in [-0.39, 0.29) is 39.0 Å². The molecule has 0 bridgehead atoms. The molecule has 9 atom stereocenters. The molecule has 0 heterocycles. The van der Waals surface area contributed by atoms with E-state index in [1.807, 2.05) is 31.1 Å². The molecule has 4 fully saturated rings. The third kappa shape index (κ3) is 5.02. The Balaban J connectivity index is 1.35. The van der Waals surface area contributed by atoms with Gasteiger partial charge in [-0.2, -0.15) is 0 Å². The Bertz CT molecular complexity index is 1490. The first-order valence-corrected chi connectivity index (χ1v) is 18.3.